The summed E-state index contributed by atoms with van der Waals surface area (Å²) in [4.78, 5) is 28.2. The van der Waals surface area contributed by atoms with E-state index in [2.05, 4.69) is 10.3 Å². The molecule has 10 nitrogen and oxygen atoms in total. The molecule has 1 unspecified atom stereocenters. The van der Waals surface area contributed by atoms with Crippen molar-refractivity contribution in [2.45, 2.75) is 24.5 Å². The van der Waals surface area contributed by atoms with Gasteiger partial charge in [0, 0.05) is 11.8 Å². The SMILES string of the molecule is O=C(Nc1ccn([C@@H]2O[C@H](COP(=O)(Cl)Cl)C(O)[C@@H]2O)c(=O)n1)c1ccccc1. The summed E-state index contributed by atoms with van der Waals surface area (Å²) < 4.78 is 22.2. The number of hydrogen-bond donors (Lipinski definition) is 3. The molecule has 1 fully saturated rings. The summed E-state index contributed by atoms with van der Waals surface area (Å²) in [6.45, 7) is -0.466. The first-order chi connectivity index (χ1) is 13.7. The average Bonchev–Trinajstić information content (AvgIpc) is 2.95. The lowest BCUT2D eigenvalue weighted by Crippen LogP contribution is -2.36. The van der Waals surface area contributed by atoms with Gasteiger partial charge in [-0.15, -0.1) is 0 Å². The van der Waals surface area contributed by atoms with Crippen molar-refractivity contribution in [2.24, 2.45) is 0 Å². The first kappa shape index (κ1) is 21.9. The second-order valence-electron chi connectivity index (χ2n) is 6.08. The molecule has 1 amide bonds. The van der Waals surface area contributed by atoms with Crippen LogP contribution in [0.25, 0.3) is 0 Å². The second kappa shape index (κ2) is 8.93. The fraction of sp³-hybridized carbons (Fsp3) is 0.312. The van der Waals surface area contributed by atoms with Gasteiger partial charge in [-0.2, -0.15) is 4.98 Å². The number of halogens is 2. The monoisotopic (exact) mass is 463 g/mol. The Kier molecular flexibility index (Phi) is 6.75. The Morgan fingerprint density at radius 1 is 1.24 bits per heavy atom. The van der Waals surface area contributed by atoms with Crippen molar-refractivity contribution < 1.29 is 28.8 Å². The van der Waals surface area contributed by atoms with Crippen LogP contribution in [0.15, 0.2) is 47.4 Å². The first-order valence-corrected chi connectivity index (χ1v) is 11.7. The van der Waals surface area contributed by atoms with Gasteiger partial charge in [-0.05, 0) is 40.7 Å². The summed E-state index contributed by atoms with van der Waals surface area (Å²) in [5, 5.41) is 22.7. The summed E-state index contributed by atoms with van der Waals surface area (Å²) in [5.41, 5.74) is -0.455. The molecule has 13 heteroatoms. The Bertz CT molecular complexity index is 984. The fourth-order valence-electron chi connectivity index (χ4n) is 2.71. The third-order valence-corrected chi connectivity index (χ3v) is 5.14. The number of rotatable bonds is 6. The van der Waals surface area contributed by atoms with Crippen LogP contribution in [0.2, 0.25) is 0 Å². The van der Waals surface area contributed by atoms with Gasteiger partial charge >= 0.3 is 11.8 Å². The number of nitrogens with zero attached hydrogens (tertiary/aromatic N) is 2. The lowest BCUT2D eigenvalue weighted by atomic mass is 10.1. The average molecular weight is 464 g/mol. The van der Waals surface area contributed by atoms with Crippen LogP contribution in [0.3, 0.4) is 0 Å². The van der Waals surface area contributed by atoms with E-state index in [1.807, 2.05) is 0 Å². The molecule has 2 heterocycles. The number of ether oxygens (including phenoxy) is 1. The molecule has 1 aromatic heterocycles. The van der Waals surface area contributed by atoms with E-state index in [4.69, 9.17) is 31.7 Å². The normalized spacial score (nSPS) is 24.4. The molecule has 0 spiro atoms. The summed E-state index contributed by atoms with van der Waals surface area (Å²) in [6.07, 6.45) is -8.00. The van der Waals surface area contributed by atoms with E-state index >= 15 is 0 Å². The van der Waals surface area contributed by atoms with Crippen LogP contribution in [-0.2, 0) is 13.8 Å². The number of amides is 1. The fourth-order valence-corrected chi connectivity index (χ4v) is 3.37. The maximum absolute atomic E-state index is 12.3. The van der Waals surface area contributed by atoms with Crippen LogP contribution in [0.1, 0.15) is 16.6 Å². The van der Waals surface area contributed by atoms with Gasteiger partial charge < -0.3 is 24.8 Å². The Hall–Kier alpha value is -1.78. The molecule has 1 aliphatic heterocycles. The molecule has 1 aromatic carbocycles. The molecule has 1 saturated heterocycles. The molecular weight excluding hydrogens is 448 g/mol. The lowest BCUT2D eigenvalue weighted by molar-refractivity contribution is -0.0506. The molecule has 0 bridgehead atoms. The number of aromatic nitrogens is 2. The minimum absolute atomic E-state index is 0.00163. The van der Waals surface area contributed by atoms with Crippen molar-refractivity contribution in [3.8, 4) is 0 Å². The minimum atomic E-state index is -3.86. The van der Waals surface area contributed by atoms with Gasteiger partial charge in [-0.1, -0.05) is 18.2 Å². The molecular formula is C16H16Cl2N3O7P. The minimum Gasteiger partial charge on any atom is -0.387 e. The van der Waals surface area contributed by atoms with Gasteiger partial charge in [0.25, 0.3) is 5.91 Å². The first-order valence-electron chi connectivity index (χ1n) is 8.27. The van der Waals surface area contributed by atoms with Crippen LogP contribution in [0.4, 0.5) is 5.82 Å². The number of aliphatic hydroxyl groups is 2. The number of benzene rings is 1. The second-order valence-corrected chi connectivity index (χ2v) is 10.4. The van der Waals surface area contributed by atoms with Crippen LogP contribution in [0, 0.1) is 0 Å². The molecule has 0 radical (unpaired) electrons. The molecule has 156 valence electrons. The van der Waals surface area contributed by atoms with Crippen molar-refractivity contribution in [3.05, 3.63) is 58.6 Å². The van der Waals surface area contributed by atoms with E-state index in [0.29, 0.717) is 5.56 Å². The summed E-state index contributed by atoms with van der Waals surface area (Å²) in [6, 6.07) is 9.68. The quantitative estimate of drug-likeness (QED) is 0.550. The third kappa shape index (κ3) is 5.43. The van der Waals surface area contributed by atoms with Crippen molar-refractivity contribution in [3.63, 3.8) is 0 Å². The van der Waals surface area contributed by atoms with Crippen LogP contribution in [0.5, 0.6) is 0 Å². The molecule has 1 aliphatic rings. The molecule has 29 heavy (non-hydrogen) atoms. The number of anilines is 1. The van der Waals surface area contributed by atoms with Crippen molar-refractivity contribution in [2.75, 3.05) is 11.9 Å². The number of carbonyl (C=O) groups excluding carboxylic acids is 1. The molecule has 2 aromatic rings. The highest BCUT2D eigenvalue weighted by Gasteiger charge is 2.44. The largest absolute Gasteiger partial charge is 0.387 e. The number of aliphatic hydroxyl groups excluding tert-OH is 2. The summed E-state index contributed by atoms with van der Waals surface area (Å²) in [5.74, 6) is -0.454. The number of hydrogen-bond acceptors (Lipinski definition) is 8. The predicted molar refractivity (Wildman–Crippen MR) is 104 cm³/mol. The zero-order valence-corrected chi connectivity index (χ0v) is 17.0. The van der Waals surface area contributed by atoms with Crippen molar-refractivity contribution >= 4 is 40.3 Å². The number of nitrogens with one attached hydrogen (secondary N) is 1. The Morgan fingerprint density at radius 3 is 2.55 bits per heavy atom. The third-order valence-electron chi connectivity index (χ3n) is 4.11. The summed E-state index contributed by atoms with van der Waals surface area (Å²) >= 11 is 10.6. The Balaban J connectivity index is 1.72. The zero-order valence-electron chi connectivity index (χ0n) is 14.6. The lowest BCUT2D eigenvalue weighted by Gasteiger charge is -2.17. The predicted octanol–water partition coefficient (Wildman–Crippen LogP) is 1.72. The van der Waals surface area contributed by atoms with E-state index in [1.54, 1.807) is 30.3 Å². The molecule has 0 saturated carbocycles. The van der Waals surface area contributed by atoms with E-state index in [0.717, 1.165) is 4.57 Å². The zero-order chi connectivity index (χ0) is 21.2. The topological polar surface area (TPSA) is 140 Å². The van der Waals surface area contributed by atoms with E-state index in [9.17, 15) is 24.4 Å². The van der Waals surface area contributed by atoms with Gasteiger partial charge in [-0.3, -0.25) is 13.9 Å². The van der Waals surface area contributed by atoms with Gasteiger partial charge in [-0.25, -0.2) is 4.79 Å². The van der Waals surface area contributed by atoms with Gasteiger partial charge in [0.15, 0.2) is 6.23 Å². The maximum atomic E-state index is 12.3. The van der Waals surface area contributed by atoms with Crippen LogP contribution >= 0.6 is 28.6 Å². The summed E-state index contributed by atoms with van der Waals surface area (Å²) in [7, 11) is 0. The highest BCUT2D eigenvalue weighted by molar-refractivity contribution is 8.05. The van der Waals surface area contributed by atoms with Gasteiger partial charge in [0.2, 0.25) is 0 Å². The van der Waals surface area contributed by atoms with E-state index < -0.39 is 48.8 Å². The Morgan fingerprint density at radius 2 is 1.93 bits per heavy atom. The Labute approximate surface area is 174 Å². The van der Waals surface area contributed by atoms with Crippen LogP contribution in [-0.4, -0.2) is 50.6 Å². The highest BCUT2D eigenvalue weighted by Crippen LogP contribution is 2.57. The standard InChI is InChI=1S/C16H16Cl2N3O7P/c17-29(18,26)27-8-10-12(22)13(23)15(28-10)21-7-6-11(20-16(21)25)19-14(24)9-4-2-1-3-5-9/h1-7,10,12-13,15,22-23H,8H2,(H,19,20,24,25)/t10-,12?,13+,15-/m1/s1. The van der Waals surface area contributed by atoms with Crippen molar-refractivity contribution in [1.82, 2.24) is 9.55 Å². The van der Waals surface area contributed by atoms with Crippen molar-refractivity contribution in [1.29, 1.82) is 0 Å². The maximum Gasteiger partial charge on any atom is 0.380 e. The van der Waals surface area contributed by atoms with E-state index in [1.165, 1.54) is 12.3 Å². The smallest absolute Gasteiger partial charge is 0.380 e. The van der Waals surface area contributed by atoms with Crippen LogP contribution < -0.4 is 11.0 Å². The molecule has 0 aliphatic carbocycles. The molecule has 3 rings (SSSR count). The highest BCUT2D eigenvalue weighted by atomic mass is 35.9. The van der Waals surface area contributed by atoms with E-state index in [-0.39, 0.29) is 5.82 Å². The van der Waals surface area contributed by atoms with Gasteiger partial charge in [0.05, 0.1) is 6.61 Å². The van der Waals surface area contributed by atoms with Gasteiger partial charge in [0.1, 0.15) is 24.1 Å². The number of carbonyl (C=O) groups is 1. The molecule has 4 atom stereocenters. The molecule has 3 N–H and O–H groups in total.